The molecule has 1 atom stereocenters. The van der Waals surface area contributed by atoms with Crippen molar-refractivity contribution in [3.8, 4) is 0 Å². The monoisotopic (exact) mass is 377 g/mol. The molecule has 2 aliphatic rings. The van der Waals surface area contributed by atoms with Crippen molar-refractivity contribution in [2.75, 3.05) is 50.8 Å². The fraction of sp³-hybridized carbons (Fsp3) is 0.579. The predicted molar refractivity (Wildman–Crippen MR) is 104 cm³/mol. The van der Waals surface area contributed by atoms with Crippen LogP contribution in [0.1, 0.15) is 20.3 Å². The summed E-state index contributed by atoms with van der Waals surface area (Å²) in [5, 5.41) is 0.502. The molecule has 2 aliphatic heterocycles. The van der Waals surface area contributed by atoms with Crippen molar-refractivity contribution in [2.45, 2.75) is 30.4 Å². The van der Waals surface area contributed by atoms with Gasteiger partial charge in [-0.05, 0) is 25.5 Å². The highest BCUT2D eigenvalue weighted by Crippen LogP contribution is 2.37. The molecule has 7 heteroatoms. The summed E-state index contributed by atoms with van der Waals surface area (Å²) in [6.07, 6.45) is 0.729. The largest absolute Gasteiger partial charge is 0.450 e. The van der Waals surface area contributed by atoms with Gasteiger partial charge in [-0.15, -0.1) is 11.8 Å². The van der Waals surface area contributed by atoms with Gasteiger partial charge in [0.15, 0.2) is 0 Å². The molecule has 0 saturated carbocycles. The predicted octanol–water partition coefficient (Wildman–Crippen LogP) is 2.68. The molecule has 0 bridgehead atoms. The Labute approximate surface area is 159 Å². The molecule has 1 aromatic rings. The Morgan fingerprint density at radius 3 is 2.62 bits per heavy atom. The molecule has 26 heavy (non-hydrogen) atoms. The Hall–Kier alpha value is -1.73. The van der Waals surface area contributed by atoms with Crippen LogP contribution in [0.25, 0.3) is 0 Å². The lowest BCUT2D eigenvalue weighted by molar-refractivity contribution is -0.120. The zero-order valence-corrected chi connectivity index (χ0v) is 16.3. The van der Waals surface area contributed by atoms with Crippen molar-refractivity contribution in [3.63, 3.8) is 0 Å². The molecule has 0 N–H and O–H groups in total. The van der Waals surface area contributed by atoms with Crippen LogP contribution in [-0.2, 0) is 9.53 Å². The first-order valence-electron chi connectivity index (χ1n) is 9.28. The first-order chi connectivity index (χ1) is 12.6. The number of piperazine rings is 1. The molecule has 0 aromatic heterocycles. The number of hydrogen-bond acceptors (Lipinski definition) is 5. The van der Waals surface area contributed by atoms with Crippen LogP contribution in [0.5, 0.6) is 0 Å². The van der Waals surface area contributed by atoms with E-state index < -0.39 is 0 Å². The van der Waals surface area contributed by atoms with Crippen molar-refractivity contribution < 1.29 is 14.3 Å². The minimum absolute atomic E-state index is 0.136. The molecule has 6 nitrogen and oxygen atoms in total. The second-order valence-corrected chi connectivity index (χ2v) is 8.17. The smallest absolute Gasteiger partial charge is 0.409 e. The summed E-state index contributed by atoms with van der Waals surface area (Å²) in [5.74, 6) is 0.136. The van der Waals surface area contributed by atoms with Crippen LogP contribution in [0, 0.1) is 0 Å². The number of fused-ring (bicyclic) bond motifs is 1. The third-order valence-electron chi connectivity index (χ3n) is 4.80. The maximum atomic E-state index is 13.0. The van der Waals surface area contributed by atoms with Gasteiger partial charge in [0.1, 0.15) is 0 Å². The van der Waals surface area contributed by atoms with Gasteiger partial charge >= 0.3 is 6.09 Å². The Bertz CT molecular complexity index is 647. The van der Waals surface area contributed by atoms with Crippen LogP contribution >= 0.6 is 11.8 Å². The first-order valence-corrected chi connectivity index (χ1v) is 10.2. The van der Waals surface area contributed by atoms with Crippen LogP contribution in [-0.4, -0.2) is 72.9 Å². The molecule has 3 rings (SSSR count). The van der Waals surface area contributed by atoms with Gasteiger partial charge in [0.2, 0.25) is 5.91 Å². The minimum Gasteiger partial charge on any atom is -0.450 e. The van der Waals surface area contributed by atoms with Crippen molar-refractivity contribution in [1.82, 2.24) is 9.80 Å². The van der Waals surface area contributed by atoms with E-state index in [1.165, 1.54) is 4.90 Å². The molecule has 1 saturated heterocycles. The molecule has 1 aromatic carbocycles. The fourth-order valence-corrected chi connectivity index (χ4v) is 4.44. The van der Waals surface area contributed by atoms with Gasteiger partial charge in [0, 0.05) is 42.9 Å². The first kappa shape index (κ1) is 19.0. The normalized spacial score (nSPS) is 21.1. The minimum atomic E-state index is -0.258. The summed E-state index contributed by atoms with van der Waals surface area (Å²) < 4.78 is 5.05. The van der Waals surface area contributed by atoms with E-state index in [9.17, 15) is 9.59 Å². The molecule has 2 amide bonds. The van der Waals surface area contributed by atoms with Crippen molar-refractivity contribution >= 4 is 29.4 Å². The third-order valence-corrected chi connectivity index (χ3v) is 6.04. The number of para-hydroxylation sites is 1. The maximum Gasteiger partial charge on any atom is 0.409 e. The summed E-state index contributed by atoms with van der Waals surface area (Å²) in [5.41, 5.74) is 1.03. The highest BCUT2D eigenvalue weighted by atomic mass is 32.2. The number of nitrogens with zero attached hydrogens (tertiary/aromatic N) is 3. The number of hydrogen-bond donors (Lipinski definition) is 0. The van der Waals surface area contributed by atoms with Crippen molar-refractivity contribution in [2.24, 2.45) is 0 Å². The highest BCUT2D eigenvalue weighted by Gasteiger charge is 2.27. The lowest BCUT2D eigenvalue weighted by atomic mass is 10.2. The van der Waals surface area contributed by atoms with Crippen molar-refractivity contribution in [3.05, 3.63) is 24.3 Å². The Kier molecular flexibility index (Phi) is 6.43. The topological polar surface area (TPSA) is 53.1 Å². The summed E-state index contributed by atoms with van der Waals surface area (Å²) in [7, 11) is 0. The zero-order valence-electron chi connectivity index (χ0n) is 15.5. The number of carbonyl (C=O) groups is 2. The number of carbonyl (C=O) groups excluding carboxylic acids is 2. The molecule has 142 valence electrons. The molecule has 0 unspecified atom stereocenters. The third kappa shape index (κ3) is 4.51. The van der Waals surface area contributed by atoms with Gasteiger partial charge in [0.25, 0.3) is 0 Å². The van der Waals surface area contributed by atoms with Gasteiger partial charge in [-0.25, -0.2) is 4.79 Å². The van der Waals surface area contributed by atoms with Gasteiger partial charge in [-0.2, -0.15) is 0 Å². The summed E-state index contributed by atoms with van der Waals surface area (Å²) >= 11 is 1.84. The van der Waals surface area contributed by atoms with Gasteiger partial charge in [-0.1, -0.05) is 19.1 Å². The van der Waals surface area contributed by atoms with E-state index in [0.717, 1.165) is 18.7 Å². The molecule has 2 heterocycles. The average molecular weight is 378 g/mol. The molecular weight excluding hydrogens is 350 g/mol. The van der Waals surface area contributed by atoms with E-state index >= 15 is 0 Å². The molecule has 1 fully saturated rings. The number of rotatable bonds is 3. The van der Waals surface area contributed by atoms with Crippen LogP contribution in [0.15, 0.2) is 29.2 Å². The van der Waals surface area contributed by atoms with Crippen LogP contribution in [0.3, 0.4) is 0 Å². The number of ether oxygens (including phenoxy) is 1. The van der Waals surface area contributed by atoms with E-state index in [1.54, 1.807) is 4.90 Å². The molecule has 0 spiro atoms. The van der Waals surface area contributed by atoms with E-state index in [2.05, 4.69) is 17.9 Å². The lowest BCUT2D eigenvalue weighted by Crippen LogP contribution is -2.51. The lowest BCUT2D eigenvalue weighted by Gasteiger charge is -2.34. The molecule has 0 radical (unpaired) electrons. The number of amides is 2. The second kappa shape index (κ2) is 8.77. The molecular formula is C19H27N3O3S. The van der Waals surface area contributed by atoms with Crippen LogP contribution in [0.4, 0.5) is 10.5 Å². The summed E-state index contributed by atoms with van der Waals surface area (Å²) in [6.45, 7) is 8.18. The van der Waals surface area contributed by atoms with Crippen LogP contribution in [0.2, 0.25) is 0 Å². The number of thioether (sulfide) groups is 1. The standard InChI is InChI=1S/C19H27N3O3S/c1-3-25-19(24)21-12-10-20(11-13-21)14-18(23)22-9-8-15(2)26-17-7-5-4-6-16(17)22/h4-7,15H,3,8-14H2,1-2H3/t15-/m0/s1. The van der Waals surface area contributed by atoms with Crippen molar-refractivity contribution in [1.29, 1.82) is 0 Å². The average Bonchev–Trinajstić information content (AvgIpc) is 2.80. The van der Waals surface area contributed by atoms with Gasteiger partial charge in [-0.3, -0.25) is 9.69 Å². The van der Waals surface area contributed by atoms with E-state index in [-0.39, 0.29) is 12.0 Å². The SMILES string of the molecule is CCOC(=O)N1CCN(CC(=O)N2CC[C@H](C)Sc3ccccc32)CC1. The summed E-state index contributed by atoms with van der Waals surface area (Å²) in [4.78, 5) is 31.7. The van der Waals surface area contributed by atoms with E-state index in [1.807, 2.05) is 41.8 Å². The number of anilines is 1. The van der Waals surface area contributed by atoms with Gasteiger partial charge in [0.05, 0.1) is 18.8 Å². The Balaban J connectivity index is 1.60. The maximum absolute atomic E-state index is 13.0. The highest BCUT2D eigenvalue weighted by molar-refractivity contribution is 8.00. The second-order valence-electron chi connectivity index (χ2n) is 6.69. The fourth-order valence-electron chi connectivity index (χ4n) is 3.33. The van der Waals surface area contributed by atoms with E-state index in [4.69, 9.17) is 4.74 Å². The van der Waals surface area contributed by atoms with Gasteiger partial charge < -0.3 is 14.5 Å². The van der Waals surface area contributed by atoms with Crippen LogP contribution < -0.4 is 4.90 Å². The Morgan fingerprint density at radius 1 is 1.15 bits per heavy atom. The Morgan fingerprint density at radius 2 is 1.88 bits per heavy atom. The summed E-state index contributed by atoms with van der Waals surface area (Å²) in [6, 6.07) is 8.16. The number of benzene rings is 1. The molecule has 0 aliphatic carbocycles. The zero-order chi connectivity index (χ0) is 18.5. The quantitative estimate of drug-likeness (QED) is 0.811. The van der Waals surface area contributed by atoms with E-state index in [0.29, 0.717) is 44.6 Å².